The Hall–Kier alpha value is -0.580. The molecule has 0 aliphatic carbocycles. The van der Waals surface area contributed by atoms with Crippen molar-refractivity contribution < 1.29 is 14.3 Å². The van der Waals surface area contributed by atoms with Crippen LogP contribution >= 0.6 is 15.9 Å². The number of amides is 2. The predicted octanol–water partition coefficient (Wildman–Crippen LogP) is 2.94. The number of carbonyl (C=O) groups excluding carboxylic acids is 2. The number of alkyl halides is 1. The van der Waals surface area contributed by atoms with Crippen LogP contribution in [0.15, 0.2) is 0 Å². The molecule has 4 nitrogen and oxygen atoms in total. The molecule has 0 spiro atoms. The Balaban J connectivity index is 2.88. The molecule has 0 N–H and O–H groups in total. The van der Waals surface area contributed by atoms with Crippen molar-refractivity contribution in [3.8, 4) is 0 Å². The third-order valence-electron chi connectivity index (χ3n) is 2.96. The first kappa shape index (κ1) is 14.5. The topological polar surface area (TPSA) is 46.6 Å². The first-order valence-electron chi connectivity index (χ1n) is 5.92. The van der Waals surface area contributed by atoms with Gasteiger partial charge in [0.25, 0.3) is 0 Å². The number of imide groups is 1. The van der Waals surface area contributed by atoms with Gasteiger partial charge in [-0.2, -0.15) is 0 Å². The Morgan fingerprint density at radius 1 is 1.53 bits per heavy atom. The molecule has 0 aromatic heterocycles. The van der Waals surface area contributed by atoms with E-state index in [4.69, 9.17) is 4.74 Å². The molecule has 0 aromatic rings. The van der Waals surface area contributed by atoms with Crippen molar-refractivity contribution >= 4 is 27.9 Å². The van der Waals surface area contributed by atoms with E-state index in [0.717, 1.165) is 11.8 Å². The maximum atomic E-state index is 12.0. The molecule has 0 bridgehead atoms. The molecule has 17 heavy (non-hydrogen) atoms. The van der Waals surface area contributed by atoms with Gasteiger partial charge in [0.05, 0.1) is 6.04 Å². The van der Waals surface area contributed by atoms with Crippen molar-refractivity contribution in [3.63, 3.8) is 0 Å². The summed E-state index contributed by atoms with van der Waals surface area (Å²) in [6, 6.07) is -0.183. The number of rotatable bonds is 4. The second-order valence-electron chi connectivity index (χ2n) is 5.22. The lowest BCUT2D eigenvalue weighted by Crippen LogP contribution is -2.47. The normalized spacial score (nSPS) is 23.1. The quantitative estimate of drug-likeness (QED) is 0.750. The molecular formula is C12H20BrNO3. The first-order valence-corrected chi connectivity index (χ1v) is 7.04. The molecule has 5 heteroatoms. The van der Waals surface area contributed by atoms with E-state index >= 15 is 0 Å². The molecule has 1 heterocycles. The monoisotopic (exact) mass is 305 g/mol. The van der Waals surface area contributed by atoms with Gasteiger partial charge in [-0.3, -0.25) is 4.79 Å². The molecule has 1 atom stereocenters. The molecule has 98 valence electrons. The Bertz CT molecular complexity index is 315. The maximum Gasteiger partial charge on any atom is 0.417 e. The van der Waals surface area contributed by atoms with Crippen LogP contribution in [0.3, 0.4) is 0 Å². The van der Waals surface area contributed by atoms with Gasteiger partial charge in [0, 0.05) is 11.8 Å². The highest BCUT2D eigenvalue weighted by Gasteiger charge is 2.51. The summed E-state index contributed by atoms with van der Waals surface area (Å²) in [7, 11) is 0. The summed E-state index contributed by atoms with van der Waals surface area (Å²) >= 11 is 3.28. The lowest BCUT2D eigenvalue weighted by Gasteiger charge is -2.30. The SMILES string of the molecule is CC(C)[C@@H]1N(C(=O)CCCBr)C(=O)OC1(C)C. The van der Waals surface area contributed by atoms with Crippen LogP contribution in [-0.2, 0) is 9.53 Å². The molecule has 1 aliphatic rings. The summed E-state index contributed by atoms with van der Waals surface area (Å²) in [4.78, 5) is 25.1. The molecule has 1 saturated heterocycles. The third-order valence-corrected chi connectivity index (χ3v) is 3.52. The van der Waals surface area contributed by atoms with Crippen LogP contribution in [0.4, 0.5) is 4.79 Å². The molecule has 0 saturated carbocycles. The van der Waals surface area contributed by atoms with Gasteiger partial charge in [0.1, 0.15) is 5.60 Å². The van der Waals surface area contributed by atoms with E-state index in [9.17, 15) is 9.59 Å². The van der Waals surface area contributed by atoms with Gasteiger partial charge in [-0.15, -0.1) is 0 Å². The summed E-state index contributed by atoms with van der Waals surface area (Å²) in [5, 5.41) is 0.761. The van der Waals surface area contributed by atoms with Crippen molar-refractivity contribution in [2.24, 2.45) is 5.92 Å². The fourth-order valence-corrected chi connectivity index (χ4v) is 2.74. The Morgan fingerprint density at radius 3 is 2.59 bits per heavy atom. The molecule has 1 rings (SSSR count). The highest BCUT2D eigenvalue weighted by atomic mass is 79.9. The molecule has 0 unspecified atom stereocenters. The zero-order valence-electron chi connectivity index (χ0n) is 10.8. The van der Waals surface area contributed by atoms with Gasteiger partial charge in [0.2, 0.25) is 5.91 Å². The van der Waals surface area contributed by atoms with Gasteiger partial charge in [-0.1, -0.05) is 29.8 Å². The smallest absolute Gasteiger partial charge is 0.417 e. The minimum Gasteiger partial charge on any atom is -0.441 e. The number of cyclic esters (lactones) is 1. The minimum atomic E-state index is -0.602. The lowest BCUT2D eigenvalue weighted by molar-refractivity contribution is -0.130. The van der Waals surface area contributed by atoms with Crippen LogP contribution in [0.1, 0.15) is 40.5 Å². The molecule has 0 radical (unpaired) electrons. The first-order chi connectivity index (χ1) is 7.81. The average molecular weight is 306 g/mol. The average Bonchev–Trinajstić information content (AvgIpc) is 2.44. The van der Waals surface area contributed by atoms with E-state index in [1.807, 2.05) is 27.7 Å². The number of carbonyl (C=O) groups is 2. The number of ether oxygens (including phenoxy) is 1. The Morgan fingerprint density at radius 2 is 2.12 bits per heavy atom. The fourth-order valence-electron chi connectivity index (χ4n) is 2.46. The van der Waals surface area contributed by atoms with E-state index in [1.54, 1.807) is 0 Å². The summed E-state index contributed by atoms with van der Waals surface area (Å²) < 4.78 is 5.29. The highest BCUT2D eigenvalue weighted by Crippen LogP contribution is 2.34. The fraction of sp³-hybridized carbons (Fsp3) is 0.833. The van der Waals surface area contributed by atoms with E-state index in [0.29, 0.717) is 6.42 Å². The number of hydrogen-bond acceptors (Lipinski definition) is 3. The standard InChI is InChI=1S/C12H20BrNO3/c1-8(2)10-12(3,4)17-11(16)14(10)9(15)6-5-7-13/h8,10H,5-7H2,1-4H3/t10-/m0/s1. The molecule has 1 aliphatic heterocycles. The van der Waals surface area contributed by atoms with Gasteiger partial charge in [-0.25, -0.2) is 9.69 Å². The summed E-state index contributed by atoms with van der Waals surface area (Å²) in [5.74, 6) is 0.0445. The van der Waals surface area contributed by atoms with Crippen LogP contribution < -0.4 is 0 Å². The van der Waals surface area contributed by atoms with Crippen molar-refractivity contribution in [3.05, 3.63) is 0 Å². The molecule has 0 aromatic carbocycles. The van der Waals surface area contributed by atoms with E-state index in [2.05, 4.69) is 15.9 Å². The molecule has 2 amide bonds. The second-order valence-corrected chi connectivity index (χ2v) is 6.01. The zero-order chi connectivity index (χ0) is 13.2. The van der Waals surface area contributed by atoms with E-state index in [-0.39, 0.29) is 17.9 Å². The van der Waals surface area contributed by atoms with Gasteiger partial charge in [0.15, 0.2) is 0 Å². The van der Waals surface area contributed by atoms with Crippen LogP contribution in [0.2, 0.25) is 0 Å². The summed E-state index contributed by atoms with van der Waals surface area (Å²) in [5.41, 5.74) is -0.602. The Kier molecular flexibility index (Phi) is 4.58. The van der Waals surface area contributed by atoms with Crippen molar-refractivity contribution in [1.82, 2.24) is 4.90 Å². The van der Waals surface area contributed by atoms with Gasteiger partial charge in [-0.05, 0) is 26.2 Å². The van der Waals surface area contributed by atoms with E-state index in [1.165, 1.54) is 4.90 Å². The van der Waals surface area contributed by atoms with Crippen LogP contribution in [0.5, 0.6) is 0 Å². The number of halogens is 1. The van der Waals surface area contributed by atoms with Gasteiger partial charge < -0.3 is 4.74 Å². The van der Waals surface area contributed by atoms with Crippen molar-refractivity contribution in [1.29, 1.82) is 0 Å². The van der Waals surface area contributed by atoms with Crippen molar-refractivity contribution in [2.45, 2.75) is 52.2 Å². The van der Waals surface area contributed by atoms with E-state index < -0.39 is 11.7 Å². The largest absolute Gasteiger partial charge is 0.441 e. The number of hydrogen-bond donors (Lipinski definition) is 0. The third kappa shape index (κ3) is 3.00. The van der Waals surface area contributed by atoms with Crippen molar-refractivity contribution in [2.75, 3.05) is 5.33 Å². The van der Waals surface area contributed by atoms with Gasteiger partial charge >= 0.3 is 6.09 Å². The van der Waals surface area contributed by atoms with Crippen LogP contribution in [0.25, 0.3) is 0 Å². The number of nitrogens with zero attached hydrogens (tertiary/aromatic N) is 1. The maximum absolute atomic E-state index is 12.0. The lowest BCUT2D eigenvalue weighted by atomic mass is 9.89. The summed E-state index contributed by atoms with van der Waals surface area (Å²) in [6.07, 6.45) is 0.598. The Labute approximate surface area is 111 Å². The van der Waals surface area contributed by atoms with Crippen LogP contribution in [-0.4, -0.2) is 33.9 Å². The predicted molar refractivity (Wildman–Crippen MR) is 69.1 cm³/mol. The second kappa shape index (κ2) is 5.38. The minimum absolute atomic E-state index is 0.140. The molecule has 1 fully saturated rings. The van der Waals surface area contributed by atoms with Crippen LogP contribution in [0, 0.1) is 5.92 Å². The summed E-state index contributed by atoms with van der Waals surface area (Å²) in [6.45, 7) is 7.71. The zero-order valence-corrected chi connectivity index (χ0v) is 12.4. The highest BCUT2D eigenvalue weighted by molar-refractivity contribution is 9.09. The molecular weight excluding hydrogens is 286 g/mol.